The van der Waals surface area contributed by atoms with Gasteiger partial charge in [0.2, 0.25) is 0 Å². The van der Waals surface area contributed by atoms with E-state index in [1.807, 2.05) is 0 Å². The second-order valence-electron chi connectivity index (χ2n) is 9.23. The number of aryl methyl sites for hydroxylation is 1. The Morgan fingerprint density at radius 1 is 1.16 bits per heavy atom. The molecule has 0 saturated carbocycles. The molecule has 0 spiro atoms. The number of ether oxygens (including phenoxy) is 2. The first-order chi connectivity index (χ1) is 17.5. The molecular formula is C26H28F3NO6S. The largest absolute Gasteiger partial charge is 0.492 e. The summed E-state index contributed by atoms with van der Waals surface area (Å²) in [6.07, 6.45) is -2.60. The van der Waals surface area contributed by atoms with E-state index in [1.54, 1.807) is 18.2 Å². The van der Waals surface area contributed by atoms with E-state index in [4.69, 9.17) is 9.47 Å². The van der Waals surface area contributed by atoms with Gasteiger partial charge >= 0.3 is 12.1 Å². The van der Waals surface area contributed by atoms with E-state index in [-0.39, 0.29) is 42.4 Å². The van der Waals surface area contributed by atoms with Gasteiger partial charge in [-0.1, -0.05) is 18.7 Å². The number of carboxylic acids is 1. The Bertz CT molecular complexity index is 1270. The number of benzene rings is 2. The third-order valence-electron chi connectivity index (χ3n) is 6.68. The average Bonchev–Trinajstić information content (AvgIpc) is 2.86. The standard InChI is InChI=1S/C26H28F3NO6S/c1-2-17-3-7-23-19(13-17)4-5-20(15-26(27,28)29)30(23)37(33,34)21-6-8-24(22(14-21)25(31)32)36-16-18-9-11-35-12-10-18/h2-3,6-8,13-14,18,20H,1,4-5,9-12,15-16H2,(H,31,32)/t20-/m0/s1. The Balaban J connectivity index is 1.71. The maximum atomic E-state index is 13.8. The van der Waals surface area contributed by atoms with E-state index in [1.165, 1.54) is 18.2 Å². The van der Waals surface area contributed by atoms with Crippen molar-refractivity contribution < 1.29 is 41.0 Å². The van der Waals surface area contributed by atoms with Crippen LogP contribution in [0.3, 0.4) is 0 Å². The summed E-state index contributed by atoms with van der Waals surface area (Å²) in [5.41, 5.74) is 1.06. The van der Waals surface area contributed by atoms with Crippen LogP contribution in [0.25, 0.3) is 6.08 Å². The van der Waals surface area contributed by atoms with Crippen LogP contribution in [0, 0.1) is 5.92 Å². The van der Waals surface area contributed by atoms with Crippen molar-refractivity contribution in [1.29, 1.82) is 0 Å². The fourth-order valence-electron chi connectivity index (χ4n) is 4.76. The zero-order valence-electron chi connectivity index (χ0n) is 20.0. The number of halogens is 3. The molecule has 0 aromatic heterocycles. The van der Waals surface area contributed by atoms with Crippen LogP contribution in [0.5, 0.6) is 5.75 Å². The van der Waals surface area contributed by atoms with Crippen LogP contribution >= 0.6 is 0 Å². The third-order valence-corrected chi connectivity index (χ3v) is 8.54. The van der Waals surface area contributed by atoms with Gasteiger partial charge in [-0.3, -0.25) is 4.31 Å². The number of fused-ring (bicyclic) bond motifs is 1. The van der Waals surface area contributed by atoms with Crippen molar-refractivity contribution in [3.8, 4) is 5.75 Å². The van der Waals surface area contributed by atoms with Gasteiger partial charge in [-0.15, -0.1) is 0 Å². The molecule has 2 aliphatic heterocycles. The first-order valence-corrected chi connectivity index (χ1v) is 13.4. The highest BCUT2D eigenvalue weighted by molar-refractivity contribution is 7.92. The molecule has 0 bridgehead atoms. The van der Waals surface area contributed by atoms with E-state index in [0.29, 0.717) is 24.3 Å². The summed E-state index contributed by atoms with van der Waals surface area (Å²) in [6.45, 7) is 5.10. The molecule has 1 saturated heterocycles. The molecule has 11 heteroatoms. The Hall–Kier alpha value is -3.05. The zero-order valence-corrected chi connectivity index (χ0v) is 20.9. The number of aromatic carboxylic acids is 1. The van der Waals surface area contributed by atoms with Crippen LogP contribution in [0.1, 0.15) is 47.2 Å². The molecule has 2 aromatic carbocycles. The third kappa shape index (κ3) is 6.10. The van der Waals surface area contributed by atoms with Gasteiger partial charge < -0.3 is 14.6 Å². The van der Waals surface area contributed by atoms with Gasteiger partial charge in [0, 0.05) is 13.2 Å². The molecule has 0 radical (unpaired) electrons. The number of carbonyl (C=O) groups is 1. The second-order valence-corrected chi connectivity index (χ2v) is 11.0. The highest BCUT2D eigenvalue weighted by Gasteiger charge is 2.42. The fourth-order valence-corrected chi connectivity index (χ4v) is 6.50. The molecule has 200 valence electrons. The predicted octanol–water partition coefficient (Wildman–Crippen LogP) is 5.30. The first kappa shape index (κ1) is 27.0. The molecule has 4 rings (SSSR count). The number of hydrogen-bond acceptors (Lipinski definition) is 5. The minimum absolute atomic E-state index is 0.000507. The lowest BCUT2D eigenvalue weighted by Gasteiger charge is -2.38. The van der Waals surface area contributed by atoms with Crippen molar-refractivity contribution in [2.75, 3.05) is 24.1 Å². The van der Waals surface area contributed by atoms with Crippen molar-refractivity contribution in [3.05, 3.63) is 59.7 Å². The highest BCUT2D eigenvalue weighted by atomic mass is 32.2. The summed E-state index contributed by atoms with van der Waals surface area (Å²) in [7, 11) is -4.55. The van der Waals surface area contributed by atoms with Gasteiger partial charge in [0.1, 0.15) is 11.3 Å². The number of rotatable bonds is 8. The van der Waals surface area contributed by atoms with Crippen LogP contribution in [-0.4, -0.2) is 51.5 Å². The van der Waals surface area contributed by atoms with E-state index in [2.05, 4.69) is 6.58 Å². The predicted molar refractivity (Wildman–Crippen MR) is 131 cm³/mol. The first-order valence-electron chi connectivity index (χ1n) is 11.9. The van der Waals surface area contributed by atoms with Crippen LogP contribution in [0.15, 0.2) is 47.9 Å². The lowest BCUT2D eigenvalue weighted by molar-refractivity contribution is -0.138. The zero-order chi connectivity index (χ0) is 26.8. The van der Waals surface area contributed by atoms with Gasteiger partial charge in [-0.2, -0.15) is 13.2 Å². The Labute approximate surface area is 213 Å². The SMILES string of the molecule is C=Cc1ccc2c(c1)CC[C@@H](CC(F)(F)F)N2S(=O)(=O)c1ccc(OCC2CCOCC2)c(C(=O)O)c1. The minimum atomic E-state index is -4.59. The summed E-state index contributed by atoms with van der Waals surface area (Å²) in [5.74, 6) is -1.23. The van der Waals surface area contributed by atoms with Crippen molar-refractivity contribution in [2.45, 2.75) is 49.2 Å². The van der Waals surface area contributed by atoms with Gasteiger partial charge in [0.25, 0.3) is 10.0 Å². The van der Waals surface area contributed by atoms with Crippen molar-refractivity contribution in [1.82, 2.24) is 0 Å². The molecule has 0 unspecified atom stereocenters. The summed E-state index contributed by atoms with van der Waals surface area (Å²) in [4.78, 5) is 11.6. The smallest absolute Gasteiger partial charge is 0.391 e. The Morgan fingerprint density at radius 2 is 1.89 bits per heavy atom. The number of sulfonamides is 1. The van der Waals surface area contributed by atoms with E-state index in [9.17, 15) is 31.5 Å². The second kappa shape index (κ2) is 10.7. The summed E-state index contributed by atoms with van der Waals surface area (Å²) >= 11 is 0. The molecule has 37 heavy (non-hydrogen) atoms. The monoisotopic (exact) mass is 539 g/mol. The van der Waals surface area contributed by atoms with E-state index < -0.39 is 39.5 Å². The average molecular weight is 540 g/mol. The maximum absolute atomic E-state index is 13.8. The lowest BCUT2D eigenvalue weighted by Crippen LogP contribution is -2.45. The lowest BCUT2D eigenvalue weighted by atomic mass is 9.94. The molecular weight excluding hydrogens is 511 g/mol. The van der Waals surface area contributed by atoms with Gasteiger partial charge in [0.05, 0.1) is 29.7 Å². The molecule has 7 nitrogen and oxygen atoms in total. The molecule has 0 aliphatic carbocycles. The molecule has 1 atom stereocenters. The van der Waals surface area contributed by atoms with Crippen molar-refractivity contribution in [2.24, 2.45) is 5.92 Å². The van der Waals surface area contributed by atoms with Crippen LogP contribution < -0.4 is 9.04 Å². The van der Waals surface area contributed by atoms with Gasteiger partial charge in [-0.25, -0.2) is 13.2 Å². The minimum Gasteiger partial charge on any atom is -0.492 e. The molecule has 0 amide bonds. The fraction of sp³-hybridized carbons (Fsp3) is 0.423. The van der Waals surface area contributed by atoms with Gasteiger partial charge in [0.15, 0.2) is 0 Å². The Kier molecular flexibility index (Phi) is 7.84. The Morgan fingerprint density at radius 3 is 2.54 bits per heavy atom. The maximum Gasteiger partial charge on any atom is 0.391 e. The summed E-state index contributed by atoms with van der Waals surface area (Å²) in [6, 6.07) is 6.76. The van der Waals surface area contributed by atoms with Crippen molar-refractivity contribution >= 4 is 27.8 Å². The van der Waals surface area contributed by atoms with E-state index >= 15 is 0 Å². The van der Waals surface area contributed by atoms with Crippen LogP contribution in [0.2, 0.25) is 0 Å². The van der Waals surface area contributed by atoms with Crippen LogP contribution in [0.4, 0.5) is 18.9 Å². The number of alkyl halides is 3. The van der Waals surface area contributed by atoms with Crippen LogP contribution in [-0.2, 0) is 21.2 Å². The number of hydrogen-bond donors (Lipinski definition) is 1. The van der Waals surface area contributed by atoms with E-state index in [0.717, 1.165) is 23.2 Å². The molecule has 2 aromatic rings. The number of nitrogens with zero attached hydrogens (tertiary/aromatic N) is 1. The van der Waals surface area contributed by atoms with Crippen molar-refractivity contribution in [3.63, 3.8) is 0 Å². The molecule has 1 fully saturated rings. The number of carboxylic acid groups (broad SMARTS) is 1. The highest BCUT2D eigenvalue weighted by Crippen LogP contribution is 2.40. The van der Waals surface area contributed by atoms with Gasteiger partial charge in [-0.05, 0) is 73.1 Å². The normalized spacial score (nSPS) is 18.8. The topological polar surface area (TPSA) is 93.1 Å². The molecule has 2 aliphatic rings. The molecule has 1 N–H and O–H groups in total. The summed E-state index contributed by atoms with van der Waals surface area (Å²) in [5, 5.41) is 9.76. The quantitative estimate of drug-likeness (QED) is 0.490. The summed E-state index contributed by atoms with van der Waals surface area (Å²) < 4.78 is 79.6. The number of anilines is 1. The molecule has 2 heterocycles.